The molecule has 0 saturated carbocycles. The molecule has 0 bridgehead atoms. The zero-order chi connectivity index (χ0) is 21.2. The van der Waals surface area contributed by atoms with E-state index in [1.807, 2.05) is 74.5 Å². The summed E-state index contributed by atoms with van der Waals surface area (Å²) >= 11 is 0. The predicted molar refractivity (Wildman–Crippen MR) is 109 cm³/mol. The quantitative estimate of drug-likeness (QED) is 0.660. The van der Waals surface area contributed by atoms with Crippen LogP contribution in [0.5, 0.6) is 0 Å². The van der Waals surface area contributed by atoms with Crippen molar-refractivity contribution in [1.82, 2.24) is 0 Å². The number of fused-ring (bicyclic) bond motifs is 1. The van der Waals surface area contributed by atoms with Gasteiger partial charge in [0.05, 0.1) is 19.8 Å². The number of carbonyl (C=O) groups excluding carboxylic acids is 1. The standard InChI is InChI=1S/C24H28O6/c1-17(25)24(16-26-14-18-10-6-4-7-11-18)21(27-15-19-12-8-5-9-13-19)20-22(30-24)29-23(2,3)28-20/h4-13,20-22H,14-16H2,1-3H3. The van der Waals surface area contributed by atoms with E-state index in [0.717, 1.165) is 11.1 Å². The van der Waals surface area contributed by atoms with Crippen LogP contribution < -0.4 is 0 Å². The number of ether oxygens (including phenoxy) is 5. The molecular weight excluding hydrogens is 384 g/mol. The highest BCUT2D eigenvalue weighted by molar-refractivity contribution is 5.86. The first-order valence-corrected chi connectivity index (χ1v) is 10.2. The Morgan fingerprint density at radius 1 is 0.900 bits per heavy atom. The summed E-state index contributed by atoms with van der Waals surface area (Å²) < 4.78 is 30.3. The second kappa shape index (κ2) is 8.57. The molecule has 2 fully saturated rings. The molecule has 6 nitrogen and oxygen atoms in total. The molecule has 0 N–H and O–H groups in total. The number of hydrogen-bond acceptors (Lipinski definition) is 6. The molecule has 0 aromatic heterocycles. The summed E-state index contributed by atoms with van der Waals surface area (Å²) in [7, 11) is 0. The fourth-order valence-corrected chi connectivity index (χ4v) is 3.98. The lowest BCUT2D eigenvalue weighted by atomic mass is 9.91. The minimum Gasteiger partial charge on any atom is -0.373 e. The van der Waals surface area contributed by atoms with Crippen LogP contribution in [-0.2, 0) is 41.7 Å². The second-order valence-electron chi connectivity index (χ2n) is 8.23. The molecule has 4 unspecified atom stereocenters. The highest BCUT2D eigenvalue weighted by Gasteiger charge is 2.65. The van der Waals surface area contributed by atoms with E-state index in [-0.39, 0.29) is 12.4 Å². The monoisotopic (exact) mass is 412 g/mol. The third kappa shape index (κ3) is 4.33. The van der Waals surface area contributed by atoms with Crippen LogP contribution in [0.3, 0.4) is 0 Å². The molecular formula is C24H28O6. The maximum Gasteiger partial charge on any atom is 0.191 e. The van der Waals surface area contributed by atoms with Crippen molar-refractivity contribution in [1.29, 1.82) is 0 Å². The molecule has 2 heterocycles. The third-order valence-corrected chi connectivity index (χ3v) is 5.47. The Labute approximate surface area is 177 Å². The first kappa shape index (κ1) is 21.2. The van der Waals surface area contributed by atoms with E-state index in [1.54, 1.807) is 0 Å². The van der Waals surface area contributed by atoms with Gasteiger partial charge in [0.1, 0.15) is 12.2 Å². The van der Waals surface area contributed by atoms with E-state index in [2.05, 4.69) is 0 Å². The van der Waals surface area contributed by atoms with Gasteiger partial charge in [0, 0.05) is 0 Å². The van der Waals surface area contributed by atoms with Crippen molar-refractivity contribution in [2.75, 3.05) is 6.61 Å². The molecule has 0 spiro atoms. The molecule has 4 rings (SSSR count). The fraction of sp³-hybridized carbons (Fsp3) is 0.458. The average molecular weight is 412 g/mol. The van der Waals surface area contributed by atoms with E-state index >= 15 is 0 Å². The zero-order valence-electron chi connectivity index (χ0n) is 17.6. The SMILES string of the molecule is CC(=O)C1(COCc2ccccc2)OC2OC(C)(C)OC2C1OCc1ccccc1. The molecule has 0 aliphatic carbocycles. The summed E-state index contributed by atoms with van der Waals surface area (Å²) in [5.41, 5.74) is 0.724. The number of ketones is 1. The van der Waals surface area contributed by atoms with Crippen LogP contribution in [0.1, 0.15) is 31.9 Å². The van der Waals surface area contributed by atoms with E-state index in [4.69, 9.17) is 23.7 Å². The van der Waals surface area contributed by atoms with E-state index in [1.165, 1.54) is 6.92 Å². The van der Waals surface area contributed by atoms with Crippen molar-refractivity contribution in [2.45, 2.75) is 63.9 Å². The summed E-state index contributed by atoms with van der Waals surface area (Å²) in [6, 6.07) is 19.6. The lowest BCUT2D eigenvalue weighted by Crippen LogP contribution is -2.54. The van der Waals surface area contributed by atoms with Gasteiger partial charge >= 0.3 is 0 Å². The van der Waals surface area contributed by atoms with Crippen LogP contribution in [0.4, 0.5) is 0 Å². The average Bonchev–Trinajstić information content (AvgIpc) is 3.17. The van der Waals surface area contributed by atoms with Gasteiger partial charge in [-0.15, -0.1) is 0 Å². The molecule has 0 amide bonds. The number of carbonyl (C=O) groups is 1. The van der Waals surface area contributed by atoms with Crippen molar-refractivity contribution in [3.63, 3.8) is 0 Å². The topological polar surface area (TPSA) is 63.2 Å². The largest absolute Gasteiger partial charge is 0.373 e. The molecule has 2 saturated heterocycles. The first-order chi connectivity index (χ1) is 14.4. The van der Waals surface area contributed by atoms with Crippen LogP contribution in [0.25, 0.3) is 0 Å². The van der Waals surface area contributed by atoms with Gasteiger partial charge in [-0.25, -0.2) is 0 Å². The maximum atomic E-state index is 12.8. The van der Waals surface area contributed by atoms with E-state index < -0.39 is 29.9 Å². The summed E-state index contributed by atoms with van der Waals surface area (Å²) in [5, 5.41) is 0. The molecule has 2 aromatic rings. The van der Waals surface area contributed by atoms with Gasteiger partial charge < -0.3 is 23.7 Å². The smallest absolute Gasteiger partial charge is 0.191 e. The van der Waals surface area contributed by atoms with Crippen molar-refractivity contribution >= 4 is 5.78 Å². The van der Waals surface area contributed by atoms with Crippen LogP contribution in [0, 0.1) is 0 Å². The van der Waals surface area contributed by atoms with Crippen molar-refractivity contribution in [3.05, 3.63) is 71.8 Å². The Bertz CT molecular complexity index is 853. The second-order valence-corrected chi connectivity index (χ2v) is 8.23. The fourth-order valence-electron chi connectivity index (χ4n) is 3.98. The van der Waals surface area contributed by atoms with Gasteiger partial charge in [-0.1, -0.05) is 60.7 Å². The molecule has 30 heavy (non-hydrogen) atoms. The normalized spacial score (nSPS) is 29.6. The minimum absolute atomic E-state index is 0.0524. The third-order valence-electron chi connectivity index (χ3n) is 5.47. The molecule has 2 aliphatic heterocycles. The summed E-state index contributed by atoms with van der Waals surface area (Å²) in [6.07, 6.45) is -1.87. The van der Waals surface area contributed by atoms with Crippen LogP contribution in [0.15, 0.2) is 60.7 Å². The summed E-state index contributed by atoms with van der Waals surface area (Å²) in [4.78, 5) is 12.8. The minimum atomic E-state index is -1.30. The van der Waals surface area contributed by atoms with Crippen molar-refractivity contribution in [3.8, 4) is 0 Å². The lowest BCUT2D eigenvalue weighted by Gasteiger charge is -2.34. The first-order valence-electron chi connectivity index (χ1n) is 10.2. The Kier molecular flexibility index (Phi) is 6.04. The highest BCUT2D eigenvalue weighted by atomic mass is 16.8. The number of rotatable bonds is 8. The Morgan fingerprint density at radius 2 is 1.50 bits per heavy atom. The number of hydrogen-bond donors (Lipinski definition) is 0. The number of benzene rings is 2. The van der Waals surface area contributed by atoms with E-state index in [9.17, 15) is 4.79 Å². The van der Waals surface area contributed by atoms with E-state index in [0.29, 0.717) is 13.2 Å². The van der Waals surface area contributed by atoms with Gasteiger partial charge in [0.2, 0.25) is 0 Å². The van der Waals surface area contributed by atoms with Crippen molar-refractivity contribution < 1.29 is 28.5 Å². The van der Waals surface area contributed by atoms with Gasteiger partial charge in [-0.3, -0.25) is 4.79 Å². The lowest BCUT2D eigenvalue weighted by molar-refractivity contribution is -0.249. The van der Waals surface area contributed by atoms with Crippen LogP contribution in [0.2, 0.25) is 0 Å². The van der Waals surface area contributed by atoms with Gasteiger partial charge in [-0.2, -0.15) is 0 Å². The maximum absolute atomic E-state index is 12.8. The Morgan fingerprint density at radius 3 is 2.10 bits per heavy atom. The van der Waals surface area contributed by atoms with Gasteiger partial charge in [-0.05, 0) is 31.9 Å². The predicted octanol–water partition coefficient (Wildman–Crippen LogP) is 3.62. The highest BCUT2D eigenvalue weighted by Crippen LogP contribution is 2.44. The molecule has 2 aromatic carbocycles. The van der Waals surface area contributed by atoms with Crippen LogP contribution >= 0.6 is 0 Å². The Hall–Kier alpha value is -2.09. The van der Waals surface area contributed by atoms with Gasteiger partial charge in [0.25, 0.3) is 0 Å². The molecule has 160 valence electrons. The molecule has 0 radical (unpaired) electrons. The van der Waals surface area contributed by atoms with Gasteiger partial charge in [0.15, 0.2) is 23.5 Å². The Balaban J connectivity index is 1.53. The van der Waals surface area contributed by atoms with Crippen LogP contribution in [-0.4, -0.2) is 42.3 Å². The zero-order valence-corrected chi connectivity index (χ0v) is 17.6. The summed E-state index contributed by atoms with van der Waals surface area (Å²) in [5.74, 6) is -0.981. The number of Topliss-reactive ketones (excluding diaryl/α,β-unsaturated/α-hetero) is 1. The molecule has 2 aliphatic rings. The summed E-state index contributed by atoms with van der Waals surface area (Å²) in [6.45, 7) is 5.89. The molecule has 6 heteroatoms. The molecule has 4 atom stereocenters. The van der Waals surface area contributed by atoms with Crippen molar-refractivity contribution in [2.24, 2.45) is 0 Å².